The molecule has 1 N–H and O–H groups in total. The largest absolute Gasteiger partial charge is 0.377 e. The van der Waals surface area contributed by atoms with Crippen molar-refractivity contribution in [2.45, 2.75) is 10.9 Å². The molecule has 1 aliphatic heterocycles. The number of fused-ring (bicyclic) bond motifs is 1. The predicted octanol–water partition coefficient (Wildman–Crippen LogP) is 4.13. The van der Waals surface area contributed by atoms with Crippen LogP contribution in [0.15, 0.2) is 71.9 Å². The van der Waals surface area contributed by atoms with Gasteiger partial charge in [0.25, 0.3) is 0 Å². The van der Waals surface area contributed by atoms with Crippen LogP contribution in [0, 0.1) is 0 Å². The molecule has 1 aliphatic rings. The molecule has 0 bridgehead atoms. The molecule has 1 aromatic heterocycles. The number of aromatic nitrogens is 2. The Balaban J connectivity index is 1.60. The second-order valence-corrected chi connectivity index (χ2v) is 6.11. The van der Waals surface area contributed by atoms with Crippen molar-refractivity contribution in [3.05, 3.63) is 72.6 Å². The Morgan fingerprint density at radius 1 is 1.10 bits per heavy atom. The molecule has 2 aromatic carbocycles. The van der Waals surface area contributed by atoms with Gasteiger partial charge in [-0.05, 0) is 35.9 Å². The molecule has 1 atom stereocenters. The van der Waals surface area contributed by atoms with Gasteiger partial charge >= 0.3 is 0 Å². The van der Waals surface area contributed by atoms with Gasteiger partial charge in [0.2, 0.25) is 0 Å². The normalized spacial score (nSPS) is 16.7. The Labute approximate surface area is 128 Å². The fraction of sp³-hybridized carbons (Fsp3) is 0.118. The molecular formula is C17H15N3S. The zero-order valence-corrected chi connectivity index (χ0v) is 12.3. The van der Waals surface area contributed by atoms with E-state index in [0.29, 0.717) is 6.04 Å². The zero-order chi connectivity index (χ0) is 14.1. The summed E-state index contributed by atoms with van der Waals surface area (Å²) in [4.78, 5) is 1.39. The van der Waals surface area contributed by atoms with E-state index in [2.05, 4.69) is 58.9 Å². The minimum absolute atomic E-state index is 0.374. The molecule has 4 heteroatoms. The highest BCUT2D eigenvalue weighted by molar-refractivity contribution is 7.99. The number of nitrogens with one attached hydrogen (secondary N) is 1. The molecule has 0 amide bonds. The van der Waals surface area contributed by atoms with E-state index in [4.69, 9.17) is 0 Å². The molecular weight excluding hydrogens is 278 g/mol. The molecule has 4 rings (SSSR count). The lowest BCUT2D eigenvalue weighted by Crippen LogP contribution is -2.10. The van der Waals surface area contributed by atoms with Crippen LogP contribution in [-0.4, -0.2) is 15.5 Å². The smallest absolute Gasteiger partial charge is 0.0666 e. The molecule has 0 radical (unpaired) electrons. The third-order valence-electron chi connectivity index (χ3n) is 3.66. The molecule has 0 spiro atoms. The summed E-state index contributed by atoms with van der Waals surface area (Å²) in [5, 5.41) is 7.92. The molecule has 3 aromatic rings. The van der Waals surface area contributed by atoms with E-state index in [1.165, 1.54) is 10.5 Å². The van der Waals surface area contributed by atoms with Crippen LogP contribution < -0.4 is 5.32 Å². The van der Waals surface area contributed by atoms with Gasteiger partial charge in [0.05, 0.1) is 11.7 Å². The Morgan fingerprint density at radius 2 is 2.05 bits per heavy atom. The standard InChI is InChI=1S/C17H15N3S/c1-2-8-17-15(7-1)16(12-21-17)19-13-5-3-6-14(11-13)20-10-4-9-18-20/h1-11,16,19H,12H2. The maximum absolute atomic E-state index is 4.28. The quantitative estimate of drug-likeness (QED) is 0.787. The molecule has 1 unspecified atom stereocenters. The van der Waals surface area contributed by atoms with Gasteiger partial charge in [-0.3, -0.25) is 0 Å². The van der Waals surface area contributed by atoms with Crippen LogP contribution in [0.4, 0.5) is 5.69 Å². The summed E-state index contributed by atoms with van der Waals surface area (Å²) in [6, 6.07) is 19.3. The van der Waals surface area contributed by atoms with Crippen LogP contribution in [0.5, 0.6) is 0 Å². The lowest BCUT2D eigenvalue weighted by molar-refractivity contribution is 0.874. The number of hydrogen-bond donors (Lipinski definition) is 1. The summed E-state index contributed by atoms with van der Waals surface area (Å²) in [7, 11) is 0. The van der Waals surface area contributed by atoms with Gasteiger partial charge < -0.3 is 5.32 Å². The van der Waals surface area contributed by atoms with Crippen molar-refractivity contribution >= 4 is 17.4 Å². The molecule has 3 nitrogen and oxygen atoms in total. The van der Waals surface area contributed by atoms with Gasteiger partial charge in [-0.25, -0.2) is 4.68 Å². The molecule has 2 heterocycles. The monoisotopic (exact) mass is 293 g/mol. The maximum Gasteiger partial charge on any atom is 0.0666 e. The summed E-state index contributed by atoms with van der Waals surface area (Å²) in [6.45, 7) is 0. The van der Waals surface area contributed by atoms with Crippen LogP contribution >= 0.6 is 11.8 Å². The fourth-order valence-electron chi connectivity index (χ4n) is 2.64. The number of thioether (sulfide) groups is 1. The van der Waals surface area contributed by atoms with E-state index < -0.39 is 0 Å². The molecule has 0 aliphatic carbocycles. The highest BCUT2D eigenvalue weighted by Crippen LogP contribution is 2.39. The Morgan fingerprint density at radius 3 is 2.95 bits per heavy atom. The number of nitrogens with zero attached hydrogens (tertiary/aromatic N) is 2. The SMILES string of the molecule is c1cc(NC2CSc3ccccc32)cc(-n2cccn2)c1. The van der Waals surface area contributed by atoms with Gasteiger partial charge in [-0.1, -0.05) is 24.3 Å². The summed E-state index contributed by atoms with van der Waals surface area (Å²) >= 11 is 1.92. The van der Waals surface area contributed by atoms with E-state index in [-0.39, 0.29) is 0 Å². The minimum atomic E-state index is 0.374. The summed E-state index contributed by atoms with van der Waals surface area (Å²) in [5.74, 6) is 1.07. The lowest BCUT2D eigenvalue weighted by Gasteiger charge is -2.15. The molecule has 0 fully saturated rings. The zero-order valence-electron chi connectivity index (χ0n) is 11.4. The predicted molar refractivity (Wildman–Crippen MR) is 87.1 cm³/mol. The lowest BCUT2D eigenvalue weighted by atomic mass is 10.1. The van der Waals surface area contributed by atoms with Crippen molar-refractivity contribution < 1.29 is 0 Å². The van der Waals surface area contributed by atoms with Gasteiger partial charge in [-0.2, -0.15) is 5.10 Å². The fourth-order valence-corrected chi connectivity index (χ4v) is 3.80. The maximum atomic E-state index is 4.28. The van der Waals surface area contributed by atoms with Gasteiger partial charge in [0, 0.05) is 28.7 Å². The van der Waals surface area contributed by atoms with E-state index in [1.807, 2.05) is 28.7 Å². The number of anilines is 1. The van der Waals surface area contributed by atoms with Crippen LogP contribution in [-0.2, 0) is 0 Å². The van der Waals surface area contributed by atoms with Crippen LogP contribution in [0.1, 0.15) is 11.6 Å². The molecule has 0 saturated heterocycles. The summed E-state index contributed by atoms with van der Waals surface area (Å²) in [6.07, 6.45) is 3.75. The first kappa shape index (κ1) is 12.5. The van der Waals surface area contributed by atoms with Crippen molar-refractivity contribution in [3.8, 4) is 5.69 Å². The van der Waals surface area contributed by atoms with E-state index >= 15 is 0 Å². The number of benzene rings is 2. The summed E-state index contributed by atoms with van der Waals surface area (Å²) in [5.41, 5.74) is 3.60. The van der Waals surface area contributed by atoms with Crippen molar-refractivity contribution in [2.75, 3.05) is 11.1 Å². The first-order valence-electron chi connectivity index (χ1n) is 6.98. The number of hydrogen-bond acceptors (Lipinski definition) is 3. The highest BCUT2D eigenvalue weighted by atomic mass is 32.2. The van der Waals surface area contributed by atoms with Gasteiger partial charge in [-0.15, -0.1) is 11.8 Å². The molecule has 0 saturated carbocycles. The van der Waals surface area contributed by atoms with Crippen molar-refractivity contribution in [1.29, 1.82) is 0 Å². The number of rotatable bonds is 3. The van der Waals surface area contributed by atoms with Gasteiger partial charge in [0.15, 0.2) is 0 Å². The molecule has 104 valence electrons. The Kier molecular flexibility index (Phi) is 3.16. The average Bonchev–Trinajstić information content (AvgIpc) is 3.18. The third kappa shape index (κ3) is 2.43. The Hall–Kier alpha value is -2.20. The van der Waals surface area contributed by atoms with Crippen molar-refractivity contribution in [2.24, 2.45) is 0 Å². The minimum Gasteiger partial charge on any atom is -0.377 e. The highest BCUT2D eigenvalue weighted by Gasteiger charge is 2.22. The first-order valence-corrected chi connectivity index (χ1v) is 7.97. The van der Waals surface area contributed by atoms with Crippen LogP contribution in [0.2, 0.25) is 0 Å². The van der Waals surface area contributed by atoms with Crippen molar-refractivity contribution in [3.63, 3.8) is 0 Å². The third-order valence-corrected chi connectivity index (χ3v) is 4.84. The second kappa shape index (κ2) is 5.30. The topological polar surface area (TPSA) is 29.9 Å². The second-order valence-electron chi connectivity index (χ2n) is 5.05. The van der Waals surface area contributed by atoms with Crippen LogP contribution in [0.25, 0.3) is 5.69 Å². The van der Waals surface area contributed by atoms with Crippen LogP contribution in [0.3, 0.4) is 0 Å². The van der Waals surface area contributed by atoms with E-state index in [0.717, 1.165) is 17.1 Å². The first-order chi connectivity index (χ1) is 10.4. The molecule has 21 heavy (non-hydrogen) atoms. The van der Waals surface area contributed by atoms with Gasteiger partial charge in [0.1, 0.15) is 0 Å². The summed E-state index contributed by atoms with van der Waals surface area (Å²) < 4.78 is 1.88. The van der Waals surface area contributed by atoms with E-state index in [9.17, 15) is 0 Å². The van der Waals surface area contributed by atoms with E-state index in [1.54, 1.807) is 6.20 Å². The average molecular weight is 293 g/mol. The van der Waals surface area contributed by atoms with Crippen molar-refractivity contribution in [1.82, 2.24) is 9.78 Å². The Bertz CT molecular complexity index is 752.